The monoisotopic (exact) mass is 196 g/mol. The van der Waals surface area contributed by atoms with Crippen molar-refractivity contribution in [3.05, 3.63) is 54.6 Å². The van der Waals surface area contributed by atoms with Crippen LogP contribution in [0.4, 0.5) is 0 Å². The molecule has 0 unspecified atom stereocenters. The highest BCUT2D eigenvalue weighted by molar-refractivity contribution is 6.64. The lowest BCUT2D eigenvalue weighted by Gasteiger charge is -2.05. The molecule has 0 heterocycles. The maximum Gasteiger partial charge on any atom is 0.320 e. The van der Waals surface area contributed by atoms with Gasteiger partial charge in [-0.15, -0.1) is 0 Å². The van der Waals surface area contributed by atoms with E-state index in [0.29, 0.717) is 0 Å². The Hall–Kier alpha value is -1.54. The zero-order chi connectivity index (χ0) is 10.7. The predicted molar refractivity (Wildman–Crippen MR) is 65.3 cm³/mol. The van der Waals surface area contributed by atoms with Crippen LogP contribution in [-0.2, 0) is 0 Å². The third-order valence-electron chi connectivity index (χ3n) is 2.48. The Morgan fingerprint density at radius 3 is 2.20 bits per heavy atom. The van der Waals surface area contributed by atoms with Crippen LogP contribution in [0, 0.1) is 0 Å². The van der Waals surface area contributed by atoms with Crippen molar-refractivity contribution in [2.24, 2.45) is 0 Å². The van der Waals surface area contributed by atoms with E-state index in [9.17, 15) is 5.02 Å². The van der Waals surface area contributed by atoms with Crippen molar-refractivity contribution in [2.75, 3.05) is 0 Å². The Labute approximate surface area is 90.5 Å². The lowest BCUT2D eigenvalue weighted by atomic mass is 9.64. The topological polar surface area (TPSA) is 20.2 Å². The zero-order valence-corrected chi connectivity index (χ0v) is 8.72. The highest BCUT2D eigenvalue weighted by Crippen LogP contribution is 2.16. The van der Waals surface area contributed by atoms with Gasteiger partial charge in [-0.05, 0) is 16.6 Å². The molecule has 0 atom stereocenters. The Bertz CT molecular complexity index is 437. The second-order valence-corrected chi connectivity index (χ2v) is 3.67. The summed E-state index contributed by atoms with van der Waals surface area (Å²) in [5.74, 6) is 0. The van der Waals surface area contributed by atoms with E-state index in [2.05, 4.69) is 18.2 Å². The molecule has 1 N–H and O–H groups in total. The number of benzene rings is 2. The molecule has 1 nitrogen and oxygen atoms in total. The standard InChI is InChI=1S/C13H13BO/c1-14(15)13-9-5-8-12(10-13)11-6-3-2-4-7-11/h2-10,15H,1H3. The van der Waals surface area contributed by atoms with Crippen molar-refractivity contribution in [3.63, 3.8) is 0 Å². The maximum absolute atomic E-state index is 9.50. The molecule has 2 heteroatoms. The van der Waals surface area contributed by atoms with E-state index in [4.69, 9.17) is 0 Å². The van der Waals surface area contributed by atoms with E-state index in [0.717, 1.165) is 11.0 Å². The molecule has 2 aromatic rings. The highest BCUT2D eigenvalue weighted by atomic mass is 16.2. The van der Waals surface area contributed by atoms with E-state index < -0.39 is 6.92 Å². The summed E-state index contributed by atoms with van der Waals surface area (Å²) < 4.78 is 0. The summed E-state index contributed by atoms with van der Waals surface area (Å²) >= 11 is 0. The molecule has 0 saturated heterocycles. The first-order chi connectivity index (χ1) is 7.27. The highest BCUT2D eigenvalue weighted by Gasteiger charge is 2.06. The molecule has 0 fully saturated rings. The van der Waals surface area contributed by atoms with Crippen LogP contribution in [0.15, 0.2) is 54.6 Å². The van der Waals surface area contributed by atoms with Gasteiger partial charge in [-0.1, -0.05) is 61.4 Å². The Balaban J connectivity index is 2.42. The van der Waals surface area contributed by atoms with Crippen LogP contribution < -0.4 is 5.46 Å². The van der Waals surface area contributed by atoms with Crippen molar-refractivity contribution >= 4 is 12.4 Å². The molecule has 0 aliphatic heterocycles. The summed E-state index contributed by atoms with van der Waals surface area (Å²) in [5.41, 5.74) is 3.28. The smallest absolute Gasteiger partial charge is 0.320 e. The average molecular weight is 196 g/mol. The maximum atomic E-state index is 9.50. The fourth-order valence-corrected chi connectivity index (χ4v) is 1.61. The van der Waals surface area contributed by atoms with Crippen LogP contribution >= 0.6 is 0 Å². The minimum absolute atomic E-state index is 0.409. The van der Waals surface area contributed by atoms with Crippen molar-refractivity contribution in [1.29, 1.82) is 0 Å². The fraction of sp³-hybridized carbons (Fsp3) is 0.0769. The fourth-order valence-electron chi connectivity index (χ4n) is 1.61. The van der Waals surface area contributed by atoms with Crippen LogP contribution in [0.2, 0.25) is 6.82 Å². The van der Waals surface area contributed by atoms with Crippen molar-refractivity contribution in [2.45, 2.75) is 6.82 Å². The van der Waals surface area contributed by atoms with E-state index in [1.54, 1.807) is 6.82 Å². The number of hydrogen-bond acceptors (Lipinski definition) is 1. The molecule has 2 rings (SSSR count). The van der Waals surface area contributed by atoms with Gasteiger partial charge >= 0.3 is 6.92 Å². The summed E-state index contributed by atoms with van der Waals surface area (Å²) in [5, 5.41) is 9.50. The molecular weight excluding hydrogens is 183 g/mol. The van der Waals surface area contributed by atoms with Crippen molar-refractivity contribution in [3.8, 4) is 11.1 Å². The second-order valence-electron chi connectivity index (χ2n) is 3.67. The molecule has 0 amide bonds. The SMILES string of the molecule is CB(O)c1cccc(-c2ccccc2)c1. The van der Waals surface area contributed by atoms with Gasteiger partial charge in [0.05, 0.1) is 0 Å². The van der Waals surface area contributed by atoms with Crippen LogP contribution in [0.5, 0.6) is 0 Å². The number of rotatable bonds is 2. The molecule has 0 radical (unpaired) electrons. The van der Waals surface area contributed by atoms with Crippen LogP contribution in [0.3, 0.4) is 0 Å². The first kappa shape index (κ1) is 10.00. The van der Waals surface area contributed by atoms with Gasteiger partial charge in [0, 0.05) is 0 Å². The van der Waals surface area contributed by atoms with Gasteiger partial charge in [-0.3, -0.25) is 0 Å². The van der Waals surface area contributed by atoms with Crippen molar-refractivity contribution < 1.29 is 5.02 Å². The molecule has 15 heavy (non-hydrogen) atoms. The van der Waals surface area contributed by atoms with Gasteiger partial charge in [0.2, 0.25) is 0 Å². The molecule has 0 spiro atoms. The molecule has 2 aromatic carbocycles. The third-order valence-corrected chi connectivity index (χ3v) is 2.48. The minimum atomic E-state index is -0.409. The second kappa shape index (κ2) is 4.32. The Kier molecular flexibility index (Phi) is 2.88. The molecule has 0 aromatic heterocycles. The quantitative estimate of drug-likeness (QED) is 0.729. The van der Waals surface area contributed by atoms with Crippen LogP contribution in [0.1, 0.15) is 0 Å². The molecule has 0 aliphatic rings. The molecule has 0 aliphatic carbocycles. The van der Waals surface area contributed by atoms with Gasteiger partial charge < -0.3 is 5.02 Å². The lowest BCUT2D eigenvalue weighted by Crippen LogP contribution is -2.25. The Morgan fingerprint density at radius 1 is 0.867 bits per heavy atom. The molecule has 0 bridgehead atoms. The van der Waals surface area contributed by atoms with Gasteiger partial charge in [0.25, 0.3) is 0 Å². The summed E-state index contributed by atoms with van der Waals surface area (Å²) in [6.07, 6.45) is 0. The van der Waals surface area contributed by atoms with Crippen molar-refractivity contribution in [1.82, 2.24) is 0 Å². The van der Waals surface area contributed by atoms with E-state index in [1.165, 1.54) is 5.56 Å². The summed E-state index contributed by atoms with van der Waals surface area (Å²) in [6.45, 7) is 1.37. The van der Waals surface area contributed by atoms with Crippen LogP contribution in [-0.4, -0.2) is 11.9 Å². The normalized spacial score (nSPS) is 10.0. The lowest BCUT2D eigenvalue weighted by molar-refractivity contribution is 0.594. The molecule has 74 valence electrons. The van der Waals surface area contributed by atoms with E-state index in [1.807, 2.05) is 36.4 Å². The van der Waals surface area contributed by atoms with Gasteiger partial charge in [-0.25, -0.2) is 0 Å². The minimum Gasteiger partial charge on any atom is -0.447 e. The van der Waals surface area contributed by atoms with Gasteiger partial charge in [-0.2, -0.15) is 0 Å². The first-order valence-electron chi connectivity index (χ1n) is 5.11. The van der Waals surface area contributed by atoms with Gasteiger partial charge in [0.1, 0.15) is 0 Å². The van der Waals surface area contributed by atoms with E-state index >= 15 is 0 Å². The summed E-state index contributed by atoms with van der Waals surface area (Å²) in [7, 11) is 0. The predicted octanol–water partition coefficient (Wildman–Crippen LogP) is 2.17. The summed E-state index contributed by atoms with van der Waals surface area (Å²) in [6, 6.07) is 18.2. The average Bonchev–Trinajstić information content (AvgIpc) is 2.30. The third kappa shape index (κ3) is 2.28. The first-order valence-corrected chi connectivity index (χ1v) is 5.11. The van der Waals surface area contributed by atoms with Gasteiger partial charge in [0.15, 0.2) is 0 Å². The number of hydrogen-bond donors (Lipinski definition) is 1. The zero-order valence-electron chi connectivity index (χ0n) is 8.72. The van der Waals surface area contributed by atoms with E-state index in [-0.39, 0.29) is 0 Å². The summed E-state index contributed by atoms with van der Waals surface area (Å²) in [4.78, 5) is 0. The largest absolute Gasteiger partial charge is 0.447 e. The van der Waals surface area contributed by atoms with Crippen LogP contribution in [0.25, 0.3) is 11.1 Å². The Morgan fingerprint density at radius 2 is 1.53 bits per heavy atom. The molecule has 0 saturated carbocycles. The molecular formula is C13H13BO.